The van der Waals surface area contributed by atoms with Crippen molar-refractivity contribution >= 4 is 11.9 Å². The van der Waals surface area contributed by atoms with Gasteiger partial charge in [-0.05, 0) is 89.9 Å². The van der Waals surface area contributed by atoms with Crippen molar-refractivity contribution in [2.45, 2.75) is 277 Å². The van der Waals surface area contributed by atoms with E-state index in [1.165, 1.54) is 116 Å². The third kappa shape index (κ3) is 47.5. The second-order valence-corrected chi connectivity index (χ2v) is 18.6. The highest BCUT2D eigenvalue weighted by Crippen LogP contribution is 2.17. The number of aliphatic hydroxyl groups excluding tert-OH is 2. The molecule has 0 aromatic heterocycles. The number of esters is 1. The molecule has 0 aliphatic rings. The Labute approximate surface area is 408 Å². The van der Waals surface area contributed by atoms with Gasteiger partial charge in [0.1, 0.15) is 6.10 Å². The van der Waals surface area contributed by atoms with Crippen molar-refractivity contribution in [1.29, 1.82) is 0 Å². The molecule has 0 bridgehead atoms. The van der Waals surface area contributed by atoms with Crippen LogP contribution in [-0.2, 0) is 14.3 Å². The van der Waals surface area contributed by atoms with E-state index in [0.29, 0.717) is 19.3 Å². The molecule has 0 saturated carbocycles. The predicted molar refractivity (Wildman–Crippen MR) is 287 cm³/mol. The van der Waals surface area contributed by atoms with Crippen LogP contribution in [0.1, 0.15) is 258 Å². The van der Waals surface area contributed by atoms with E-state index in [9.17, 15) is 19.8 Å². The van der Waals surface area contributed by atoms with Crippen molar-refractivity contribution in [1.82, 2.24) is 5.32 Å². The number of hydrogen-bond donors (Lipinski definition) is 3. The fourth-order valence-corrected chi connectivity index (χ4v) is 8.04. The molecule has 380 valence electrons. The maximum Gasteiger partial charge on any atom is 0.306 e. The summed E-state index contributed by atoms with van der Waals surface area (Å²) < 4.78 is 5.90. The maximum absolute atomic E-state index is 13.2. The van der Waals surface area contributed by atoms with Crippen LogP contribution in [0.5, 0.6) is 0 Å². The Balaban J connectivity index is 4.70. The molecule has 0 spiro atoms. The summed E-state index contributed by atoms with van der Waals surface area (Å²) in [5.74, 6) is -0.589. The lowest BCUT2D eigenvalue weighted by atomic mass is 10.0. The third-order valence-corrected chi connectivity index (χ3v) is 12.2. The summed E-state index contributed by atoms with van der Waals surface area (Å²) in [5, 5.41) is 23.8. The number of aliphatic hydroxyl groups is 2. The summed E-state index contributed by atoms with van der Waals surface area (Å²) in [6.45, 7) is 6.36. The van der Waals surface area contributed by atoms with Crippen LogP contribution in [0.15, 0.2) is 85.1 Å². The van der Waals surface area contributed by atoms with Crippen LogP contribution in [0, 0.1) is 0 Å². The molecule has 0 radical (unpaired) electrons. The van der Waals surface area contributed by atoms with Crippen LogP contribution in [-0.4, -0.2) is 46.9 Å². The number of unbranched alkanes of at least 4 members (excludes halogenated alkanes) is 23. The van der Waals surface area contributed by atoms with E-state index in [1.54, 1.807) is 0 Å². The zero-order valence-corrected chi connectivity index (χ0v) is 43.3. The highest BCUT2D eigenvalue weighted by atomic mass is 16.5. The molecule has 0 aliphatic carbocycles. The van der Waals surface area contributed by atoms with E-state index in [4.69, 9.17) is 4.74 Å². The van der Waals surface area contributed by atoms with Crippen molar-refractivity contribution in [2.24, 2.45) is 0 Å². The lowest BCUT2D eigenvalue weighted by Gasteiger charge is -2.24. The topological polar surface area (TPSA) is 95.9 Å². The van der Waals surface area contributed by atoms with Crippen molar-refractivity contribution in [2.75, 3.05) is 6.61 Å². The number of hydrogen-bond acceptors (Lipinski definition) is 5. The molecule has 0 fully saturated rings. The van der Waals surface area contributed by atoms with E-state index in [2.05, 4.69) is 105 Å². The van der Waals surface area contributed by atoms with Crippen LogP contribution in [0.4, 0.5) is 0 Å². The molecule has 0 saturated heterocycles. The Morgan fingerprint density at radius 2 is 0.818 bits per heavy atom. The largest absolute Gasteiger partial charge is 0.462 e. The lowest BCUT2D eigenvalue weighted by molar-refractivity contribution is -0.150. The molecule has 0 rings (SSSR count). The number of ether oxygens (including phenoxy) is 1. The number of carbonyl (C=O) groups excluding carboxylic acids is 2. The molecule has 3 N–H and O–H groups in total. The number of carbonyl (C=O) groups is 2. The Bertz CT molecular complexity index is 1260. The average molecular weight is 921 g/mol. The Hall–Kier alpha value is -2.96. The standard InChI is InChI=1S/C60H105NO5/c1-4-7-10-13-16-19-22-25-28-29-30-31-32-35-38-41-44-47-50-53-60(65)66-56(51-48-45-42-39-36-33-26-23-20-17-14-11-8-5-2)54-59(64)61-57(55-62)58(63)52-49-46-43-40-37-34-27-24-21-18-15-12-9-6-3/h7,10,16,19,25,28,30-31,33,35-36,38,44,47,56-58,62-63H,4-6,8-9,11-15,17-18,20-24,26-27,29,32,34,37,39-43,45-46,48-55H2,1-3H3,(H,61,64)/b10-7-,19-16-,28-25-,31-30-,36-33+,38-35-,47-44-. The first-order valence-electron chi connectivity index (χ1n) is 27.8. The average Bonchev–Trinajstić information content (AvgIpc) is 3.31. The Kier molecular flexibility index (Phi) is 50.6. The van der Waals surface area contributed by atoms with E-state index in [-0.39, 0.29) is 31.3 Å². The summed E-state index contributed by atoms with van der Waals surface area (Å²) in [7, 11) is 0. The van der Waals surface area contributed by atoms with Crippen molar-refractivity contribution < 1.29 is 24.5 Å². The summed E-state index contributed by atoms with van der Waals surface area (Å²) >= 11 is 0. The molecule has 0 aromatic rings. The van der Waals surface area contributed by atoms with Gasteiger partial charge in [0.2, 0.25) is 5.91 Å². The van der Waals surface area contributed by atoms with Gasteiger partial charge in [-0.15, -0.1) is 0 Å². The normalized spacial score (nSPS) is 13.8. The highest BCUT2D eigenvalue weighted by Gasteiger charge is 2.24. The molecule has 66 heavy (non-hydrogen) atoms. The van der Waals surface area contributed by atoms with Crippen molar-refractivity contribution in [3.63, 3.8) is 0 Å². The van der Waals surface area contributed by atoms with Crippen LogP contribution in [0.3, 0.4) is 0 Å². The first-order valence-corrected chi connectivity index (χ1v) is 27.8. The fraction of sp³-hybridized carbons (Fsp3) is 0.733. The van der Waals surface area contributed by atoms with E-state index in [0.717, 1.165) is 89.9 Å². The monoisotopic (exact) mass is 920 g/mol. The van der Waals surface area contributed by atoms with E-state index < -0.39 is 18.2 Å². The van der Waals surface area contributed by atoms with Gasteiger partial charge in [-0.3, -0.25) is 9.59 Å². The van der Waals surface area contributed by atoms with Crippen molar-refractivity contribution in [3.05, 3.63) is 85.1 Å². The molecule has 0 aromatic carbocycles. The van der Waals surface area contributed by atoms with Gasteiger partial charge in [-0.25, -0.2) is 0 Å². The molecule has 0 heterocycles. The zero-order chi connectivity index (χ0) is 48.1. The minimum absolute atomic E-state index is 0.0338. The molecule has 3 unspecified atom stereocenters. The van der Waals surface area contributed by atoms with Gasteiger partial charge in [0, 0.05) is 6.42 Å². The number of rotatable bonds is 49. The molecular weight excluding hydrogens is 815 g/mol. The summed E-state index contributed by atoms with van der Waals surface area (Å²) in [6.07, 6.45) is 69.4. The summed E-state index contributed by atoms with van der Waals surface area (Å²) in [5.41, 5.74) is 0. The molecule has 3 atom stereocenters. The second kappa shape index (κ2) is 53.0. The lowest BCUT2D eigenvalue weighted by Crippen LogP contribution is -2.46. The van der Waals surface area contributed by atoms with Crippen LogP contribution in [0.25, 0.3) is 0 Å². The van der Waals surface area contributed by atoms with Gasteiger partial charge in [0.15, 0.2) is 0 Å². The SMILES string of the molecule is CC/C=C\C/C=C\C/C=C\C/C=C\C/C=C\C/C=C\CCC(=O)OC(CCCCC/C=C/CCCCCCCCC)CC(=O)NC(CO)C(O)CCCCCCCCCCCCCCCC. The smallest absolute Gasteiger partial charge is 0.306 e. The molecule has 6 nitrogen and oxygen atoms in total. The molecule has 0 aliphatic heterocycles. The van der Waals surface area contributed by atoms with Gasteiger partial charge in [0.05, 0.1) is 25.2 Å². The van der Waals surface area contributed by atoms with Crippen LogP contribution < -0.4 is 5.32 Å². The first-order chi connectivity index (χ1) is 32.5. The van der Waals surface area contributed by atoms with Gasteiger partial charge in [-0.1, -0.05) is 241 Å². The second-order valence-electron chi connectivity index (χ2n) is 18.6. The predicted octanol–water partition coefficient (Wildman–Crippen LogP) is 17.1. The third-order valence-electron chi connectivity index (χ3n) is 12.2. The Morgan fingerprint density at radius 1 is 0.455 bits per heavy atom. The highest BCUT2D eigenvalue weighted by molar-refractivity contribution is 5.77. The minimum atomic E-state index is -0.808. The number of nitrogens with one attached hydrogen (secondary N) is 1. The van der Waals surface area contributed by atoms with Gasteiger partial charge in [0.25, 0.3) is 0 Å². The van der Waals surface area contributed by atoms with Crippen molar-refractivity contribution in [3.8, 4) is 0 Å². The summed E-state index contributed by atoms with van der Waals surface area (Å²) in [6, 6.07) is -0.725. The van der Waals surface area contributed by atoms with Crippen LogP contribution >= 0.6 is 0 Å². The minimum Gasteiger partial charge on any atom is -0.462 e. The first kappa shape index (κ1) is 63.0. The number of amides is 1. The fourth-order valence-electron chi connectivity index (χ4n) is 8.04. The van der Waals surface area contributed by atoms with Gasteiger partial charge >= 0.3 is 5.97 Å². The quantitative estimate of drug-likeness (QED) is 0.0321. The molecular formula is C60H105NO5. The van der Waals surface area contributed by atoms with E-state index >= 15 is 0 Å². The van der Waals surface area contributed by atoms with Gasteiger partial charge in [-0.2, -0.15) is 0 Å². The maximum atomic E-state index is 13.2. The Morgan fingerprint density at radius 3 is 1.26 bits per heavy atom. The molecule has 6 heteroatoms. The van der Waals surface area contributed by atoms with Crippen LogP contribution in [0.2, 0.25) is 0 Å². The number of allylic oxidation sites excluding steroid dienone is 14. The van der Waals surface area contributed by atoms with E-state index in [1.807, 2.05) is 6.08 Å². The summed E-state index contributed by atoms with van der Waals surface area (Å²) in [4.78, 5) is 26.2. The van der Waals surface area contributed by atoms with Gasteiger partial charge < -0.3 is 20.3 Å². The molecule has 1 amide bonds. The zero-order valence-electron chi connectivity index (χ0n) is 43.3.